The highest BCUT2D eigenvalue weighted by atomic mass is 35.7. The summed E-state index contributed by atoms with van der Waals surface area (Å²) in [5, 5.41) is 0. The van der Waals surface area contributed by atoms with E-state index in [1.807, 2.05) is 0 Å². The molecule has 1 aromatic heterocycles. The summed E-state index contributed by atoms with van der Waals surface area (Å²) < 4.78 is 21.8. The van der Waals surface area contributed by atoms with Crippen molar-refractivity contribution in [3.63, 3.8) is 0 Å². The predicted molar refractivity (Wildman–Crippen MR) is 63.7 cm³/mol. The number of halogens is 1. The van der Waals surface area contributed by atoms with Crippen LogP contribution in [-0.4, -0.2) is 18.4 Å². The van der Waals surface area contributed by atoms with E-state index in [0.717, 1.165) is 0 Å². The molecular formula is C9H7ClN2O4S. The van der Waals surface area contributed by atoms with Crippen molar-refractivity contribution in [2.75, 3.05) is 0 Å². The molecule has 1 heterocycles. The Bertz CT molecular complexity index is 790. The Kier molecular flexibility index (Phi) is 2.80. The van der Waals surface area contributed by atoms with E-state index >= 15 is 0 Å². The van der Waals surface area contributed by atoms with Crippen molar-refractivity contribution in [1.82, 2.24) is 9.97 Å². The standard InChI is InChI=1S/C9H7ClN2O4S/c10-17(15,16)4-5-1-2-6-7(3-5)12-9(14)8(13)11-6/h1-3H,4H2,(H,11,13)(H,12,14). The number of rotatable bonds is 2. The Morgan fingerprint density at radius 3 is 2.24 bits per heavy atom. The van der Waals surface area contributed by atoms with E-state index in [-0.39, 0.29) is 5.75 Å². The normalized spacial score (nSPS) is 11.8. The molecule has 0 saturated heterocycles. The van der Waals surface area contributed by atoms with Crippen LogP contribution in [0.3, 0.4) is 0 Å². The Morgan fingerprint density at radius 1 is 1.06 bits per heavy atom. The fourth-order valence-corrected chi connectivity index (χ4v) is 2.41. The molecule has 8 heteroatoms. The lowest BCUT2D eigenvalue weighted by Gasteiger charge is -2.01. The summed E-state index contributed by atoms with van der Waals surface area (Å²) in [5.41, 5.74) is -0.341. The zero-order valence-corrected chi connectivity index (χ0v) is 9.93. The average Bonchev–Trinajstić information content (AvgIpc) is 2.18. The molecule has 0 saturated carbocycles. The van der Waals surface area contributed by atoms with Gasteiger partial charge in [-0.15, -0.1) is 0 Å². The van der Waals surface area contributed by atoms with Gasteiger partial charge < -0.3 is 9.97 Å². The van der Waals surface area contributed by atoms with Crippen molar-refractivity contribution in [3.8, 4) is 0 Å². The predicted octanol–water partition coefficient (Wildman–Crippen LogP) is 0.285. The van der Waals surface area contributed by atoms with E-state index in [1.165, 1.54) is 18.2 Å². The first-order chi connectivity index (χ1) is 7.85. The largest absolute Gasteiger partial charge is 0.316 e. The minimum Gasteiger partial charge on any atom is -0.316 e. The maximum absolute atomic E-state index is 11.1. The Balaban J connectivity index is 2.62. The van der Waals surface area contributed by atoms with Gasteiger partial charge in [-0.1, -0.05) is 6.07 Å². The monoisotopic (exact) mass is 274 g/mol. The molecular weight excluding hydrogens is 268 g/mol. The molecule has 2 N–H and O–H groups in total. The molecule has 0 atom stereocenters. The van der Waals surface area contributed by atoms with Gasteiger partial charge in [0.25, 0.3) is 0 Å². The summed E-state index contributed by atoms with van der Waals surface area (Å²) in [7, 11) is 1.46. The number of benzene rings is 1. The van der Waals surface area contributed by atoms with Crippen molar-refractivity contribution in [2.45, 2.75) is 5.75 Å². The molecule has 90 valence electrons. The van der Waals surface area contributed by atoms with E-state index in [1.54, 1.807) is 0 Å². The quantitative estimate of drug-likeness (QED) is 0.607. The molecule has 0 aliphatic carbocycles. The second kappa shape index (κ2) is 4.01. The van der Waals surface area contributed by atoms with Crippen molar-refractivity contribution in [3.05, 3.63) is 44.5 Å². The molecule has 0 radical (unpaired) electrons. The van der Waals surface area contributed by atoms with Crippen LogP contribution in [0.5, 0.6) is 0 Å². The maximum Gasteiger partial charge on any atom is 0.314 e. The van der Waals surface area contributed by atoms with Gasteiger partial charge in [0.05, 0.1) is 16.8 Å². The highest BCUT2D eigenvalue weighted by Gasteiger charge is 2.08. The van der Waals surface area contributed by atoms with E-state index in [0.29, 0.717) is 16.6 Å². The molecule has 0 spiro atoms. The van der Waals surface area contributed by atoms with Gasteiger partial charge in [0, 0.05) is 10.7 Å². The van der Waals surface area contributed by atoms with Gasteiger partial charge in [0.2, 0.25) is 9.05 Å². The Hall–Kier alpha value is -1.60. The van der Waals surface area contributed by atoms with E-state index < -0.39 is 20.2 Å². The minimum atomic E-state index is -3.66. The van der Waals surface area contributed by atoms with E-state index in [9.17, 15) is 18.0 Å². The fourth-order valence-electron chi connectivity index (χ4n) is 1.45. The number of H-pyrrole nitrogens is 2. The number of fused-ring (bicyclic) bond motifs is 1. The molecule has 0 amide bonds. The van der Waals surface area contributed by atoms with E-state index in [4.69, 9.17) is 10.7 Å². The van der Waals surface area contributed by atoms with Crippen LogP contribution in [0.1, 0.15) is 5.56 Å². The molecule has 2 aromatic rings. The van der Waals surface area contributed by atoms with E-state index in [2.05, 4.69) is 9.97 Å². The second-order valence-electron chi connectivity index (χ2n) is 3.47. The van der Waals surface area contributed by atoms with Crippen LogP contribution in [0.25, 0.3) is 11.0 Å². The maximum atomic E-state index is 11.1. The summed E-state index contributed by atoms with van der Waals surface area (Å²) in [5.74, 6) is -0.342. The highest BCUT2D eigenvalue weighted by molar-refractivity contribution is 8.13. The van der Waals surface area contributed by atoms with Crippen LogP contribution in [0.15, 0.2) is 27.8 Å². The Labute approximate surface area is 99.7 Å². The lowest BCUT2D eigenvalue weighted by atomic mass is 10.2. The zero-order chi connectivity index (χ0) is 12.6. The van der Waals surface area contributed by atoms with Crippen molar-refractivity contribution >= 4 is 30.8 Å². The van der Waals surface area contributed by atoms with Crippen LogP contribution >= 0.6 is 10.7 Å². The minimum absolute atomic E-state index is 0.342. The third-order valence-electron chi connectivity index (χ3n) is 2.13. The SMILES string of the molecule is O=c1[nH]c2ccc(CS(=O)(=O)Cl)cc2[nH]c1=O. The number of aromatic nitrogens is 2. The third kappa shape index (κ3) is 2.75. The molecule has 17 heavy (non-hydrogen) atoms. The van der Waals surface area contributed by atoms with Crippen LogP contribution < -0.4 is 11.1 Å². The molecule has 0 unspecified atom stereocenters. The first-order valence-corrected chi connectivity index (χ1v) is 7.00. The average molecular weight is 275 g/mol. The van der Waals surface area contributed by atoms with Crippen molar-refractivity contribution in [1.29, 1.82) is 0 Å². The van der Waals surface area contributed by atoms with Crippen LogP contribution in [0.4, 0.5) is 0 Å². The van der Waals surface area contributed by atoms with Gasteiger partial charge >= 0.3 is 11.1 Å². The van der Waals surface area contributed by atoms with Gasteiger partial charge in [-0.05, 0) is 17.7 Å². The number of hydrogen-bond donors (Lipinski definition) is 2. The summed E-state index contributed by atoms with van der Waals surface area (Å²) in [4.78, 5) is 26.8. The lowest BCUT2D eigenvalue weighted by Crippen LogP contribution is -2.28. The van der Waals surface area contributed by atoms with Gasteiger partial charge in [0.1, 0.15) is 0 Å². The molecule has 1 aromatic carbocycles. The van der Waals surface area contributed by atoms with Crippen LogP contribution in [0, 0.1) is 0 Å². The number of hydrogen-bond acceptors (Lipinski definition) is 4. The van der Waals surface area contributed by atoms with Crippen molar-refractivity contribution in [2.24, 2.45) is 0 Å². The highest BCUT2D eigenvalue weighted by Crippen LogP contribution is 2.13. The van der Waals surface area contributed by atoms with Crippen LogP contribution in [-0.2, 0) is 14.8 Å². The number of nitrogens with one attached hydrogen (secondary N) is 2. The lowest BCUT2D eigenvalue weighted by molar-refractivity contribution is 0.609. The zero-order valence-electron chi connectivity index (χ0n) is 8.36. The van der Waals surface area contributed by atoms with Gasteiger partial charge in [-0.2, -0.15) is 0 Å². The Morgan fingerprint density at radius 2 is 1.65 bits per heavy atom. The summed E-state index contributed by atoms with van der Waals surface area (Å²) in [6, 6.07) is 4.47. The van der Waals surface area contributed by atoms with Gasteiger partial charge in [-0.3, -0.25) is 9.59 Å². The summed E-state index contributed by atoms with van der Waals surface area (Å²) >= 11 is 0. The third-order valence-corrected chi connectivity index (χ3v) is 3.13. The summed E-state index contributed by atoms with van der Waals surface area (Å²) in [6.45, 7) is 0. The van der Waals surface area contributed by atoms with Crippen molar-refractivity contribution < 1.29 is 8.42 Å². The molecule has 0 aliphatic heterocycles. The molecule has 6 nitrogen and oxygen atoms in total. The smallest absolute Gasteiger partial charge is 0.314 e. The molecule has 0 fully saturated rings. The molecule has 2 rings (SSSR count). The van der Waals surface area contributed by atoms with Gasteiger partial charge in [-0.25, -0.2) is 8.42 Å². The van der Waals surface area contributed by atoms with Gasteiger partial charge in [0.15, 0.2) is 0 Å². The second-order valence-corrected chi connectivity index (χ2v) is 6.25. The topological polar surface area (TPSA) is 99.9 Å². The first kappa shape index (κ1) is 11.9. The molecule has 0 bridgehead atoms. The fraction of sp³-hybridized carbons (Fsp3) is 0.111. The van der Waals surface area contributed by atoms with Crippen LogP contribution in [0.2, 0.25) is 0 Å². The summed E-state index contributed by atoms with van der Waals surface area (Å²) in [6.07, 6.45) is 0. The molecule has 0 aliphatic rings. The first-order valence-electron chi connectivity index (χ1n) is 4.53. The number of aromatic amines is 2.